The number of anilines is 3. The largest absolute Gasteiger partial charge is 0.325 e. The number of nitrogens with zero attached hydrogens (tertiary/aromatic N) is 1. The lowest BCUT2D eigenvalue weighted by Gasteiger charge is -2.29. The van der Waals surface area contributed by atoms with Gasteiger partial charge in [-0.15, -0.1) is 0 Å². The molecular formula is C25H20BrN3O3. The van der Waals surface area contributed by atoms with Crippen LogP contribution in [0.4, 0.5) is 17.1 Å². The van der Waals surface area contributed by atoms with Gasteiger partial charge in [0.1, 0.15) is 6.54 Å². The number of halogens is 1. The van der Waals surface area contributed by atoms with Gasteiger partial charge in [-0.1, -0.05) is 40.2 Å². The summed E-state index contributed by atoms with van der Waals surface area (Å²) in [6.45, 7) is -0.0382. The number of benzene rings is 3. The van der Waals surface area contributed by atoms with Crippen LogP contribution in [0.1, 0.15) is 28.8 Å². The lowest BCUT2D eigenvalue weighted by molar-refractivity contribution is -0.118. The predicted molar refractivity (Wildman–Crippen MR) is 127 cm³/mol. The Morgan fingerprint density at radius 2 is 1.72 bits per heavy atom. The summed E-state index contributed by atoms with van der Waals surface area (Å²) in [6.07, 6.45) is 1.62. The quantitative estimate of drug-likeness (QED) is 0.556. The van der Waals surface area contributed by atoms with E-state index in [4.69, 9.17) is 0 Å². The van der Waals surface area contributed by atoms with E-state index in [1.54, 1.807) is 36.4 Å². The molecule has 2 N–H and O–H groups in total. The summed E-state index contributed by atoms with van der Waals surface area (Å²) >= 11 is 3.47. The number of rotatable bonds is 4. The highest BCUT2D eigenvalue weighted by atomic mass is 79.9. The summed E-state index contributed by atoms with van der Waals surface area (Å²) in [5.41, 5.74) is 2.86. The van der Waals surface area contributed by atoms with Crippen molar-refractivity contribution in [3.63, 3.8) is 0 Å². The van der Waals surface area contributed by atoms with Crippen molar-refractivity contribution in [2.24, 2.45) is 0 Å². The van der Waals surface area contributed by atoms with Crippen molar-refractivity contribution in [3.8, 4) is 0 Å². The van der Waals surface area contributed by atoms with Gasteiger partial charge >= 0.3 is 0 Å². The molecule has 2 aliphatic rings. The Hall–Kier alpha value is -3.45. The number of para-hydroxylation sites is 2. The summed E-state index contributed by atoms with van der Waals surface area (Å²) in [7, 11) is 0. The maximum Gasteiger partial charge on any atom is 0.258 e. The normalized spacial score (nSPS) is 16.0. The monoisotopic (exact) mass is 489 g/mol. The van der Waals surface area contributed by atoms with E-state index < -0.39 is 5.41 Å². The van der Waals surface area contributed by atoms with Gasteiger partial charge < -0.3 is 10.6 Å². The van der Waals surface area contributed by atoms with Gasteiger partial charge in [0.25, 0.3) is 5.91 Å². The van der Waals surface area contributed by atoms with Crippen LogP contribution in [0.3, 0.4) is 0 Å². The van der Waals surface area contributed by atoms with Crippen molar-refractivity contribution in [2.75, 3.05) is 22.1 Å². The maximum absolute atomic E-state index is 13.1. The summed E-state index contributed by atoms with van der Waals surface area (Å²) in [4.78, 5) is 39.6. The molecule has 1 fully saturated rings. The molecule has 1 aliphatic heterocycles. The topological polar surface area (TPSA) is 78.5 Å². The van der Waals surface area contributed by atoms with E-state index in [0.717, 1.165) is 22.9 Å². The highest BCUT2D eigenvalue weighted by molar-refractivity contribution is 9.10. The zero-order valence-corrected chi connectivity index (χ0v) is 18.7. The van der Waals surface area contributed by atoms with E-state index in [-0.39, 0.29) is 24.3 Å². The second-order valence-electron chi connectivity index (χ2n) is 8.08. The molecule has 7 heteroatoms. The van der Waals surface area contributed by atoms with Crippen LogP contribution in [0.5, 0.6) is 0 Å². The summed E-state index contributed by atoms with van der Waals surface area (Å²) in [5, 5.41) is 5.77. The summed E-state index contributed by atoms with van der Waals surface area (Å²) in [6, 6.07) is 21.8. The lowest BCUT2D eigenvalue weighted by atomic mass is 9.95. The predicted octanol–water partition coefficient (Wildman–Crippen LogP) is 4.72. The van der Waals surface area contributed by atoms with Crippen molar-refractivity contribution in [1.82, 2.24) is 0 Å². The Bertz CT molecular complexity index is 1240. The number of carbonyl (C=O) groups is 3. The van der Waals surface area contributed by atoms with E-state index in [0.29, 0.717) is 22.6 Å². The third-order valence-corrected chi connectivity index (χ3v) is 6.46. The lowest BCUT2D eigenvalue weighted by Crippen LogP contribution is -2.42. The van der Waals surface area contributed by atoms with Crippen LogP contribution < -0.4 is 15.5 Å². The minimum absolute atomic E-state index is 0.0382. The second kappa shape index (κ2) is 7.91. The maximum atomic E-state index is 13.1. The van der Waals surface area contributed by atoms with Gasteiger partial charge in [-0.3, -0.25) is 19.3 Å². The standard InChI is InChI=1S/C25H20BrN3O3/c26-18-5-3-4-17(14-18)25(12-13-25)24(32)27-19-10-8-16(9-11-19)23(31)29-15-22(30)28-20-6-1-2-7-21(20)29/h1-11,14H,12-13,15H2,(H,27,32)(H,28,30). The number of hydrogen-bond donors (Lipinski definition) is 2. The van der Waals surface area contributed by atoms with Gasteiger partial charge in [0.2, 0.25) is 11.8 Å². The van der Waals surface area contributed by atoms with E-state index in [1.165, 1.54) is 4.90 Å². The van der Waals surface area contributed by atoms with Crippen LogP contribution in [0.2, 0.25) is 0 Å². The molecule has 6 nitrogen and oxygen atoms in total. The van der Waals surface area contributed by atoms with E-state index in [2.05, 4.69) is 26.6 Å². The van der Waals surface area contributed by atoms with E-state index in [1.807, 2.05) is 36.4 Å². The fourth-order valence-electron chi connectivity index (χ4n) is 4.08. The number of hydrogen-bond acceptors (Lipinski definition) is 3. The number of carbonyl (C=O) groups excluding carboxylic acids is 3. The Morgan fingerprint density at radius 3 is 2.44 bits per heavy atom. The first kappa shape index (κ1) is 20.5. The van der Waals surface area contributed by atoms with Crippen LogP contribution in [0.15, 0.2) is 77.3 Å². The smallest absolute Gasteiger partial charge is 0.258 e. The fraction of sp³-hybridized carbons (Fsp3) is 0.160. The number of amides is 3. The molecule has 1 aliphatic carbocycles. The minimum Gasteiger partial charge on any atom is -0.325 e. The first-order valence-electron chi connectivity index (χ1n) is 10.3. The Morgan fingerprint density at radius 1 is 0.969 bits per heavy atom. The molecular weight excluding hydrogens is 470 g/mol. The van der Waals surface area contributed by atoms with Gasteiger partial charge in [0.05, 0.1) is 16.8 Å². The van der Waals surface area contributed by atoms with Crippen molar-refractivity contribution in [3.05, 3.63) is 88.4 Å². The molecule has 3 aromatic rings. The average Bonchev–Trinajstić information content (AvgIpc) is 3.61. The highest BCUT2D eigenvalue weighted by Gasteiger charge is 2.51. The van der Waals surface area contributed by atoms with Crippen molar-refractivity contribution in [1.29, 1.82) is 0 Å². The number of nitrogens with one attached hydrogen (secondary N) is 2. The third kappa shape index (κ3) is 3.69. The van der Waals surface area contributed by atoms with E-state index in [9.17, 15) is 14.4 Å². The summed E-state index contributed by atoms with van der Waals surface area (Å²) < 4.78 is 0.949. The van der Waals surface area contributed by atoms with Crippen LogP contribution in [0, 0.1) is 0 Å². The van der Waals surface area contributed by atoms with Crippen molar-refractivity contribution >= 4 is 50.7 Å². The summed E-state index contributed by atoms with van der Waals surface area (Å²) in [5.74, 6) is -0.544. The molecule has 0 atom stereocenters. The SMILES string of the molecule is O=C1CN(C(=O)c2ccc(NC(=O)C3(c4cccc(Br)c4)CC3)cc2)c2ccccc2N1. The molecule has 5 rings (SSSR count). The van der Waals surface area contributed by atoms with Gasteiger partial charge in [0.15, 0.2) is 0 Å². The van der Waals surface area contributed by atoms with Crippen LogP contribution in [-0.2, 0) is 15.0 Å². The van der Waals surface area contributed by atoms with Crippen molar-refractivity contribution < 1.29 is 14.4 Å². The Kier molecular flexibility index (Phi) is 5.06. The molecule has 0 spiro atoms. The third-order valence-electron chi connectivity index (χ3n) is 5.97. The van der Waals surface area contributed by atoms with Gasteiger partial charge in [-0.2, -0.15) is 0 Å². The van der Waals surface area contributed by atoms with Gasteiger partial charge in [-0.25, -0.2) is 0 Å². The second-order valence-corrected chi connectivity index (χ2v) is 9.00. The van der Waals surface area contributed by atoms with Gasteiger partial charge in [-0.05, 0) is 66.9 Å². The van der Waals surface area contributed by atoms with Crippen molar-refractivity contribution in [2.45, 2.75) is 18.3 Å². The molecule has 1 heterocycles. The first-order valence-corrected chi connectivity index (χ1v) is 11.1. The van der Waals surface area contributed by atoms with E-state index >= 15 is 0 Å². The molecule has 32 heavy (non-hydrogen) atoms. The molecule has 0 bridgehead atoms. The molecule has 160 valence electrons. The Labute approximate surface area is 193 Å². The molecule has 0 unspecified atom stereocenters. The van der Waals surface area contributed by atoms with Crippen LogP contribution in [0.25, 0.3) is 0 Å². The molecule has 0 aromatic heterocycles. The molecule has 0 radical (unpaired) electrons. The zero-order chi connectivity index (χ0) is 22.3. The van der Waals surface area contributed by atoms with Crippen LogP contribution in [-0.4, -0.2) is 24.3 Å². The average molecular weight is 490 g/mol. The Balaban J connectivity index is 1.32. The fourth-order valence-corrected chi connectivity index (χ4v) is 4.47. The highest BCUT2D eigenvalue weighted by Crippen LogP contribution is 2.49. The molecule has 0 saturated heterocycles. The first-order chi connectivity index (χ1) is 15.5. The molecule has 1 saturated carbocycles. The van der Waals surface area contributed by atoms with Crippen LogP contribution >= 0.6 is 15.9 Å². The molecule has 3 amide bonds. The van der Waals surface area contributed by atoms with Gasteiger partial charge in [0, 0.05) is 15.7 Å². The minimum atomic E-state index is -0.497. The number of fused-ring (bicyclic) bond motifs is 1. The molecule has 3 aromatic carbocycles. The zero-order valence-electron chi connectivity index (χ0n) is 17.1.